The summed E-state index contributed by atoms with van der Waals surface area (Å²) in [6.07, 6.45) is 4.86. The Hall–Kier alpha value is -2.58. The molecule has 2 aromatic carbocycles. The van der Waals surface area contributed by atoms with Crippen LogP contribution < -0.4 is 10.6 Å². The Morgan fingerprint density at radius 2 is 1.71 bits per heavy atom. The summed E-state index contributed by atoms with van der Waals surface area (Å²) in [6, 6.07) is 9.21. The topological polar surface area (TPSA) is 94.6 Å². The number of likely N-dealkylation sites (N-methyl/N-ethyl adjacent to an activating group) is 1. The van der Waals surface area contributed by atoms with Gasteiger partial charge in [0.15, 0.2) is 11.5 Å². The first-order chi connectivity index (χ1) is 17.6. The second-order valence-corrected chi connectivity index (χ2v) is 10.7. The number of anilines is 1. The SMILES string of the molecule is CC(=O)c1cnc2ccc(-c3cc(Cl)c(O)c(Cl)c3)cc2c1NC1CCC(C(=O)NCCN(C)C)CC1.Cl. The molecule has 3 N–H and O–H groups in total. The van der Waals surface area contributed by atoms with Crippen LogP contribution in [0.3, 0.4) is 0 Å². The van der Waals surface area contributed by atoms with Gasteiger partial charge in [0, 0.05) is 36.6 Å². The van der Waals surface area contributed by atoms with Crippen LogP contribution in [0.4, 0.5) is 5.69 Å². The van der Waals surface area contributed by atoms with Gasteiger partial charge in [0.1, 0.15) is 0 Å². The number of halogens is 3. The predicted octanol–water partition coefficient (Wildman–Crippen LogP) is 6.19. The zero-order valence-corrected chi connectivity index (χ0v) is 24.0. The maximum atomic E-state index is 12.6. The van der Waals surface area contributed by atoms with Crippen LogP contribution in [0.5, 0.6) is 5.75 Å². The Kier molecular flexibility index (Phi) is 10.2. The smallest absolute Gasteiger partial charge is 0.223 e. The second-order valence-electron chi connectivity index (χ2n) is 9.91. The van der Waals surface area contributed by atoms with E-state index in [0.29, 0.717) is 12.1 Å². The summed E-state index contributed by atoms with van der Waals surface area (Å²) in [5.74, 6) is -0.100. The van der Waals surface area contributed by atoms with E-state index >= 15 is 0 Å². The third kappa shape index (κ3) is 6.89. The fourth-order valence-corrected chi connectivity index (χ4v) is 5.26. The summed E-state index contributed by atoms with van der Waals surface area (Å²) < 4.78 is 0. The van der Waals surface area contributed by atoms with Crippen LogP contribution in [0, 0.1) is 5.92 Å². The van der Waals surface area contributed by atoms with Crippen LogP contribution in [0.1, 0.15) is 43.0 Å². The number of rotatable bonds is 8. The van der Waals surface area contributed by atoms with Gasteiger partial charge in [-0.2, -0.15) is 0 Å². The molecule has 0 aliphatic heterocycles. The monoisotopic (exact) mass is 578 g/mol. The highest BCUT2D eigenvalue weighted by atomic mass is 35.5. The number of ketones is 1. The molecular weight excluding hydrogens is 547 g/mol. The maximum absolute atomic E-state index is 12.6. The molecule has 1 aliphatic carbocycles. The molecule has 1 aliphatic rings. The van der Waals surface area contributed by atoms with E-state index < -0.39 is 0 Å². The Bertz CT molecular complexity index is 1300. The van der Waals surface area contributed by atoms with Gasteiger partial charge in [-0.25, -0.2) is 0 Å². The van der Waals surface area contributed by atoms with Crippen molar-refractivity contribution < 1.29 is 14.7 Å². The van der Waals surface area contributed by atoms with E-state index in [9.17, 15) is 14.7 Å². The zero-order valence-electron chi connectivity index (χ0n) is 21.7. The summed E-state index contributed by atoms with van der Waals surface area (Å²) in [5, 5.41) is 17.7. The number of amides is 1. The van der Waals surface area contributed by atoms with Crippen LogP contribution >= 0.6 is 35.6 Å². The quantitative estimate of drug-likeness (QED) is 0.276. The number of Topliss-reactive ketones (excluding diaryl/α,β-unsaturated/α-hetero) is 1. The number of hydrogen-bond acceptors (Lipinski definition) is 6. The van der Waals surface area contributed by atoms with Gasteiger partial charge in [-0.05, 0) is 82.1 Å². The number of aromatic nitrogens is 1. The first kappa shape index (κ1) is 30.0. The van der Waals surface area contributed by atoms with Gasteiger partial charge in [0.25, 0.3) is 0 Å². The molecule has 1 saturated carbocycles. The first-order valence-corrected chi connectivity index (χ1v) is 13.2. The summed E-state index contributed by atoms with van der Waals surface area (Å²) in [6.45, 7) is 3.00. The average Bonchev–Trinajstić information content (AvgIpc) is 2.86. The summed E-state index contributed by atoms with van der Waals surface area (Å²) in [4.78, 5) is 31.6. The molecule has 10 heteroatoms. The molecule has 0 bridgehead atoms. The van der Waals surface area contributed by atoms with Crippen molar-refractivity contribution >= 4 is 63.9 Å². The van der Waals surface area contributed by atoms with Crippen molar-refractivity contribution in [3.05, 3.63) is 52.1 Å². The molecule has 1 heterocycles. The number of phenolic OH excluding ortho intramolecular Hbond substituents is 1. The summed E-state index contributed by atoms with van der Waals surface area (Å²) >= 11 is 12.3. The van der Waals surface area contributed by atoms with Crippen molar-refractivity contribution in [1.29, 1.82) is 0 Å². The minimum Gasteiger partial charge on any atom is -0.505 e. The number of benzene rings is 2. The van der Waals surface area contributed by atoms with Crippen LogP contribution in [0.15, 0.2) is 36.5 Å². The third-order valence-corrected chi connectivity index (χ3v) is 7.48. The van der Waals surface area contributed by atoms with Crippen LogP contribution in [-0.4, -0.2) is 59.9 Å². The Morgan fingerprint density at radius 1 is 1.05 bits per heavy atom. The van der Waals surface area contributed by atoms with Gasteiger partial charge >= 0.3 is 0 Å². The number of pyridine rings is 1. The molecule has 0 radical (unpaired) electrons. The number of hydrogen-bond donors (Lipinski definition) is 3. The normalized spacial score (nSPS) is 17.2. The fourth-order valence-electron chi connectivity index (χ4n) is 4.78. The van der Waals surface area contributed by atoms with E-state index in [2.05, 4.69) is 15.6 Å². The van der Waals surface area contributed by atoms with Crippen molar-refractivity contribution in [2.24, 2.45) is 5.92 Å². The third-order valence-electron chi connectivity index (χ3n) is 6.90. The number of nitrogens with one attached hydrogen (secondary N) is 2. The molecular formula is C28H33Cl3N4O3. The summed E-state index contributed by atoms with van der Waals surface area (Å²) in [5.41, 5.74) is 3.60. The minimum absolute atomic E-state index is 0. The number of nitrogens with zero attached hydrogens (tertiary/aromatic N) is 2. The number of aromatic hydroxyl groups is 1. The highest BCUT2D eigenvalue weighted by Crippen LogP contribution is 2.38. The van der Waals surface area contributed by atoms with Gasteiger partial charge in [-0.1, -0.05) is 29.3 Å². The van der Waals surface area contributed by atoms with E-state index in [4.69, 9.17) is 23.2 Å². The molecule has 0 saturated heterocycles. The molecule has 0 spiro atoms. The Balaban J connectivity index is 0.00000400. The largest absolute Gasteiger partial charge is 0.505 e. The highest BCUT2D eigenvalue weighted by Gasteiger charge is 2.27. The van der Waals surface area contributed by atoms with E-state index in [1.807, 2.05) is 37.2 Å². The van der Waals surface area contributed by atoms with Crippen LogP contribution in [0.2, 0.25) is 10.0 Å². The Labute approximate surface area is 239 Å². The van der Waals surface area contributed by atoms with Gasteiger partial charge in [-0.3, -0.25) is 14.6 Å². The second kappa shape index (κ2) is 13.0. The Morgan fingerprint density at radius 3 is 2.32 bits per heavy atom. The highest BCUT2D eigenvalue weighted by molar-refractivity contribution is 6.37. The molecule has 204 valence electrons. The van der Waals surface area contributed by atoms with Gasteiger partial charge in [-0.15, -0.1) is 12.4 Å². The van der Waals surface area contributed by atoms with Crippen molar-refractivity contribution in [2.45, 2.75) is 38.6 Å². The molecule has 0 unspecified atom stereocenters. The zero-order chi connectivity index (χ0) is 26.7. The van der Waals surface area contributed by atoms with Gasteiger partial charge in [0.05, 0.1) is 26.8 Å². The number of carbonyl (C=O) groups excluding carboxylic acids is 2. The van der Waals surface area contributed by atoms with Gasteiger partial charge in [0.2, 0.25) is 5.91 Å². The van der Waals surface area contributed by atoms with E-state index in [1.54, 1.807) is 18.3 Å². The number of phenols is 1. The van der Waals surface area contributed by atoms with Crippen LogP contribution in [0.25, 0.3) is 22.0 Å². The van der Waals surface area contributed by atoms with Crippen LogP contribution in [-0.2, 0) is 4.79 Å². The number of carbonyl (C=O) groups is 2. The molecule has 7 nitrogen and oxygen atoms in total. The summed E-state index contributed by atoms with van der Waals surface area (Å²) in [7, 11) is 3.97. The van der Waals surface area contributed by atoms with Gasteiger partial charge < -0.3 is 20.6 Å². The first-order valence-electron chi connectivity index (χ1n) is 12.4. The van der Waals surface area contributed by atoms with E-state index in [-0.39, 0.29) is 51.9 Å². The van der Waals surface area contributed by atoms with E-state index in [1.165, 1.54) is 6.92 Å². The lowest BCUT2D eigenvalue weighted by molar-refractivity contribution is -0.125. The maximum Gasteiger partial charge on any atom is 0.223 e. The van der Waals surface area contributed by atoms with Crippen molar-refractivity contribution in [1.82, 2.24) is 15.2 Å². The van der Waals surface area contributed by atoms with Crippen molar-refractivity contribution in [3.8, 4) is 16.9 Å². The molecule has 3 aromatic rings. The standard InChI is InChI=1S/C28H32Cl2N4O3.ClH/c1-16(35)22-15-32-25-9-6-18(19-13-23(29)27(36)24(30)14-19)12-21(25)26(22)33-20-7-4-17(5-8-20)28(37)31-10-11-34(2)3;/h6,9,12-15,17,20,36H,4-5,7-8,10-11H2,1-3H3,(H,31,37)(H,32,33);1H. The number of fused-ring (bicyclic) bond motifs is 1. The lowest BCUT2D eigenvalue weighted by atomic mass is 9.85. The molecule has 1 amide bonds. The molecule has 38 heavy (non-hydrogen) atoms. The fraction of sp³-hybridized carbons (Fsp3) is 0.393. The predicted molar refractivity (Wildman–Crippen MR) is 157 cm³/mol. The van der Waals surface area contributed by atoms with Crippen molar-refractivity contribution in [2.75, 3.05) is 32.5 Å². The average molecular weight is 580 g/mol. The molecule has 1 fully saturated rings. The lowest BCUT2D eigenvalue weighted by Crippen LogP contribution is -2.38. The minimum atomic E-state index is -0.155. The molecule has 4 rings (SSSR count). The lowest BCUT2D eigenvalue weighted by Gasteiger charge is -2.30. The van der Waals surface area contributed by atoms with Crippen molar-refractivity contribution in [3.63, 3.8) is 0 Å². The van der Waals surface area contributed by atoms with E-state index in [0.717, 1.165) is 59.9 Å². The molecule has 0 atom stereocenters. The molecule has 1 aromatic heterocycles.